The van der Waals surface area contributed by atoms with E-state index in [2.05, 4.69) is 6.07 Å². The normalized spacial score (nSPS) is 16.6. The molecule has 0 unspecified atom stereocenters. The van der Waals surface area contributed by atoms with Crippen LogP contribution in [0.15, 0.2) is 24.3 Å². The highest BCUT2D eigenvalue weighted by Gasteiger charge is 2.24. The maximum absolute atomic E-state index is 12.3. The van der Waals surface area contributed by atoms with Crippen molar-refractivity contribution in [1.29, 1.82) is 0 Å². The molecule has 0 radical (unpaired) electrons. The molecule has 0 amide bonds. The molecule has 18 heavy (non-hydrogen) atoms. The highest BCUT2D eigenvalue weighted by atomic mass is 35.5. The molecule has 2 nitrogen and oxygen atoms in total. The number of aromatic nitrogens is 1. The SMILES string of the molecule is C[C@H](Cl)C(=O)n1c2c(c3ccccc31)CCCC2. The Labute approximate surface area is 112 Å². The van der Waals surface area contributed by atoms with Gasteiger partial charge in [0.1, 0.15) is 5.38 Å². The number of nitrogens with zero attached hydrogens (tertiary/aromatic N) is 1. The minimum atomic E-state index is -0.480. The van der Waals surface area contributed by atoms with Gasteiger partial charge in [-0.05, 0) is 44.2 Å². The Hall–Kier alpha value is -1.28. The number of alkyl halides is 1. The summed E-state index contributed by atoms with van der Waals surface area (Å²) in [4.78, 5) is 12.3. The number of halogens is 1. The number of aryl methyl sites for hydroxylation is 1. The molecule has 1 heterocycles. The Bertz CT molecular complexity index is 612. The minimum Gasteiger partial charge on any atom is -0.283 e. The largest absolute Gasteiger partial charge is 0.283 e. The Balaban J connectivity index is 2.32. The predicted octanol–water partition coefficient (Wildman–Crippen LogP) is 3.79. The van der Waals surface area contributed by atoms with Gasteiger partial charge in [0.05, 0.1) is 5.52 Å². The predicted molar refractivity (Wildman–Crippen MR) is 74.5 cm³/mol. The van der Waals surface area contributed by atoms with E-state index in [1.165, 1.54) is 23.1 Å². The van der Waals surface area contributed by atoms with Crippen LogP contribution in [-0.2, 0) is 12.8 Å². The van der Waals surface area contributed by atoms with Crippen molar-refractivity contribution in [1.82, 2.24) is 4.57 Å². The van der Waals surface area contributed by atoms with Crippen molar-refractivity contribution in [3.8, 4) is 0 Å². The molecule has 1 aromatic heterocycles. The Morgan fingerprint density at radius 1 is 1.28 bits per heavy atom. The summed E-state index contributed by atoms with van der Waals surface area (Å²) in [5, 5.41) is 0.740. The third kappa shape index (κ3) is 1.67. The van der Waals surface area contributed by atoms with E-state index in [1.54, 1.807) is 6.92 Å². The van der Waals surface area contributed by atoms with Crippen molar-refractivity contribution in [2.75, 3.05) is 0 Å². The summed E-state index contributed by atoms with van der Waals surface area (Å²) in [5.41, 5.74) is 3.55. The van der Waals surface area contributed by atoms with Crippen LogP contribution in [0.4, 0.5) is 0 Å². The summed E-state index contributed by atoms with van der Waals surface area (Å²) in [6.45, 7) is 1.74. The van der Waals surface area contributed by atoms with Crippen molar-refractivity contribution < 1.29 is 4.79 Å². The number of rotatable bonds is 1. The van der Waals surface area contributed by atoms with Gasteiger partial charge in [-0.1, -0.05) is 18.2 Å². The van der Waals surface area contributed by atoms with Crippen LogP contribution in [0.2, 0.25) is 0 Å². The van der Waals surface area contributed by atoms with E-state index < -0.39 is 5.38 Å². The molecular weight excluding hydrogens is 246 g/mol. The molecule has 0 saturated heterocycles. The fourth-order valence-electron chi connectivity index (χ4n) is 2.93. The van der Waals surface area contributed by atoms with Gasteiger partial charge >= 0.3 is 0 Å². The summed E-state index contributed by atoms with van der Waals surface area (Å²) >= 11 is 5.99. The van der Waals surface area contributed by atoms with Crippen LogP contribution in [0, 0.1) is 0 Å². The van der Waals surface area contributed by atoms with Crippen molar-refractivity contribution in [2.45, 2.75) is 38.0 Å². The third-order valence-corrected chi connectivity index (χ3v) is 3.93. The quantitative estimate of drug-likeness (QED) is 0.716. The van der Waals surface area contributed by atoms with Crippen LogP contribution in [0.5, 0.6) is 0 Å². The van der Waals surface area contributed by atoms with Gasteiger partial charge in [-0.2, -0.15) is 0 Å². The molecule has 0 spiro atoms. The van der Waals surface area contributed by atoms with Gasteiger partial charge in [-0.15, -0.1) is 11.6 Å². The number of fused-ring (bicyclic) bond motifs is 3. The van der Waals surface area contributed by atoms with E-state index in [1.807, 2.05) is 22.8 Å². The average molecular weight is 262 g/mol. The molecule has 0 bridgehead atoms. The summed E-state index contributed by atoms with van der Waals surface area (Å²) in [6.07, 6.45) is 4.44. The zero-order valence-electron chi connectivity index (χ0n) is 10.4. The molecule has 94 valence electrons. The van der Waals surface area contributed by atoms with E-state index in [9.17, 15) is 4.79 Å². The Morgan fingerprint density at radius 2 is 2.00 bits per heavy atom. The van der Waals surface area contributed by atoms with Crippen molar-refractivity contribution >= 4 is 28.4 Å². The Morgan fingerprint density at radius 3 is 2.78 bits per heavy atom. The second kappa shape index (κ2) is 4.43. The fourth-order valence-corrected chi connectivity index (χ4v) is 3.02. The van der Waals surface area contributed by atoms with E-state index in [-0.39, 0.29) is 5.91 Å². The van der Waals surface area contributed by atoms with Gasteiger partial charge in [0.2, 0.25) is 5.91 Å². The van der Waals surface area contributed by atoms with Crippen LogP contribution < -0.4 is 0 Å². The summed E-state index contributed by atoms with van der Waals surface area (Å²) in [7, 11) is 0. The average Bonchev–Trinajstić information content (AvgIpc) is 2.72. The molecule has 0 N–H and O–H groups in total. The third-order valence-electron chi connectivity index (χ3n) is 3.74. The molecular formula is C15H16ClNO. The minimum absolute atomic E-state index is 0.00369. The molecule has 1 aromatic carbocycles. The van der Waals surface area contributed by atoms with Crippen LogP contribution in [0.1, 0.15) is 35.8 Å². The molecule has 1 aliphatic rings. The smallest absolute Gasteiger partial charge is 0.249 e. The van der Waals surface area contributed by atoms with E-state index in [0.717, 1.165) is 24.8 Å². The molecule has 3 heteroatoms. The van der Waals surface area contributed by atoms with Gasteiger partial charge < -0.3 is 0 Å². The van der Waals surface area contributed by atoms with E-state index in [4.69, 9.17) is 11.6 Å². The number of hydrogen-bond acceptors (Lipinski definition) is 1. The van der Waals surface area contributed by atoms with Gasteiger partial charge in [0.25, 0.3) is 0 Å². The molecule has 3 rings (SSSR count). The number of carbonyl (C=O) groups excluding carboxylic acids is 1. The van der Waals surface area contributed by atoms with Crippen molar-refractivity contribution in [2.24, 2.45) is 0 Å². The second-order valence-electron chi connectivity index (χ2n) is 4.94. The summed E-state index contributed by atoms with van der Waals surface area (Å²) in [6, 6.07) is 8.15. The maximum atomic E-state index is 12.3. The first-order valence-corrected chi connectivity index (χ1v) is 6.93. The first-order valence-electron chi connectivity index (χ1n) is 6.49. The highest BCUT2D eigenvalue weighted by molar-refractivity contribution is 6.31. The van der Waals surface area contributed by atoms with Crippen LogP contribution in [-0.4, -0.2) is 15.9 Å². The maximum Gasteiger partial charge on any atom is 0.249 e. The molecule has 2 aromatic rings. The zero-order valence-corrected chi connectivity index (χ0v) is 11.2. The topological polar surface area (TPSA) is 22.0 Å². The lowest BCUT2D eigenvalue weighted by atomic mass is 9.95. The van der Waals surface area contributed by atoms with Gasteiger partial charge in [0.15, 0.2) is 0 Å². The fraction of sp³-hybridized carbons (Fsp3) is 0.400. The van der Waals surface area contributed by atoms with Crippen LogP contribution in [0.3, 0.4) is 0 Å². The number of hydrogen-bond donors (Lipinski definition) is 0. The lowest BCUT2D eigenvalue weighted by Gasteiger charge is -2.15. The second-order valence-corrected chi connectivity index (χ2v) is 5.59. The van der Waals surface area contributed by atoms with Crippen LogP contribution in [0.25, 0.3) is 10.9 Å². The standard InChI is InChI=1S/C15H16ClNO/c1-10(16)15(18)17-13-8-4-2-6-11(13)12-7-3-5-9-14(12)17/h2,4,6,8,10H,3,5,7,9H2,1H3/t10-/m0/s1. The Kier molecular flexibility index (Phi) is 2.90. The number of carbonyl (C=O) groups is 1. The molecule has 0 fully saturated rings. The molecule has 1 aliphatic carbocycles. The van der Waals surface area contributed by atoms with Crippen LogP contribution >= 0.6 is 11.6 Å². The number of benzene rings is 1. The summed E-state index contributed by atoms with van der Waals surface area (Å²) in [5.74, 6) is -0.00369. The van der Waals surface area contributed by atoms with Gasteiger partial charge in [-0.3, -0.25) is 9.36 Å². The first kappa shape index (κ1) is 11.8. The van der Waals surface area contributed by atoms with Gasteiger partial charge in [-0.25, -0.2) is 0 Å². The van der Waals surface area contributed by atoms with Crippen molar-refractivity contribution in [3.63, 3.8) is 0 Å². The van der Waals surface area contributed by atoms with Gasteiger partial charge in [0, 0.05) is 11.1 Å². The number of para-hydroxylation sites is 1. The zero-order chi connectivity index (χ0) is 12.7. The molecule has 0 saturated carbocycles. The highest BCUT2D eigenvalue weighted by Crippen LogP contribution is 2.32. The van der Waals surface area contributed by atoms with E-state index in [0.29, 0.717) is 0 Å². The summed E-state index contributed by atoms with van der Waals surface area (Å²) < 4.78 is 1.85. The van der Waals surface area contributed by atoms with Crippen molar-refractivity contribution in [3.05, 3.63) is 35.5 Å². The molecule has 1 atom stereocenters. The lowest BCUT2D eigenvalue weighted by Crippen LogP contribution is -2.22. The monoisotopic (exact) mass is 261 g/mol. The van der Waals surface area contributed by atoms with E-state index >= 15 is 0 Å². The first-order chi connectivity index (χ1) is 8.70. The lowest BCUT2D eigenvalue weighted by molar-refractivity contribution is 0.0914. The molecule has 0 aliphatic heterocycles.